The van der Waals surface area contributed by atoms with Crippen LogP contribution in [-0.4, -0.2) is 19.1 Å². The maximum absolute atomic E-state index is 13.2. The van der Waals surface area contributed by atoms with Gasteiger partial charge in [-0.15, -0.1) is 0 Å². The minimum Gasteiger partial charge on any atom is -0.496 e. The molecule has 1 aromatic carbocycles. The lowest BCUT2D eigenvalue weighted by Gasteiger charge is -2.27. The number of methoxy groups -OCH3 is 1. The molecule has 104 valence electrons. The average Bonchev–Trinajstić information content (AvgIpc) is 2.41. The van der Waals surface area contributed by atoms with E-state index in [0.717, 1.165) is 31.6 Å². The van der Waals surface area contributed by atoms with Crippen LogP contribution < -0.4 is 10.1 Å². The molecule has 3 nitrogen and oxygen atoms in total. The molecule has 1 saturated carbocycles. The first kappa shape index (κ1) is 13.8. The van der Waals surface area contributed by atoms with Gasteiger partial charge in [0.05, 0.1) is 12.7 Å². The Balaban J connectivity index is 2.05. The van der Waals surface area contributed by atoms with Crippen LogP contribution in [0.25, 0.3) is 0 Å². The average molecular weight is 265 g/mol. The fourth-order valence-corrected chi connectivity index (χ4v) is 2.53. The van der Waals surface area contributed by atoms with Crippen molar-refractivity contribution in [3.63, 3.8) is 0 Å². The maximum Gasteiger partial charge on any atom is 0.255 e. The van der Waals surface area contributed by atoms with E-state index in [-0.39, 0.29) is 17.5 Å². The fraction of sp³-hybridized carbons (Fsp3) is 0.533. The summed E-state index contributed by atoms with van der Waals surface area (Å²) in [5.41, 5.74) is 0.265. The van der Waals surface area contributed by atoms with Gasteiger partial charge in [0.25, 0.3) is 5.91 Å². The van der Waals surface area contributed by atoms with Gasteiger partial charge in [-0.05, 0) is 49.8 Å². The van der Waals surface area contributed by atoms with Gasteiger partial charge >= 0.3 is 0 Å². The number of carbonyl (C=O) groups excluding carboxylic acids is 1. The third-order valence-electron chi connectivity index (χ3n) is 3.76. The van der Waals surface area contributed by atoms with E-state index in [0.29, 0.717) is 5.75 Å². The third kappa shape index (κ3) is 3.46. The molecule has 1 N–H and O–H groups in total. The van der Waals surface area contributed by atoms with E-state index < -0.39 is 5.82 Å². The molecule has 2 rings (SSSR count). The summed E-state index contributed by atoms with van der Waals surface area (Å²) in [5, 5.41) is 2.97. The Morgan fingerprint density at radius 2 is 2.00 bits per heavy atom. The summed E-state index contributed by atoms with van der Waals surface area (Å²) >= 11 is 0. The van der Waals surface area contributed by atoms with Crippen molar-refractivity contribution in [1.29, 1.82) is 0 Å². The van der Waals surface area contributed by atoms with Crippen LogP contribution in [0.3, 0.4) is 0 Å². The van der Waals surface area contributed by atoms with Gasteiger partial charge in [-0.25, -0.2) is 4.39 Å². The lowest BCUT2D eigenvalue weighted by molar-refractivity contribution is 0.0919. The zero-order chi connectivity index (χ0) is 13.8. The number of ether oxygens (including phenoxy) is 1. The summed E-state index contributed by atoms with van der Waals surface area (Å²) < 4.78 is 18.3. The standard InChI is InChI=1S/C15H20FNO2/c1-10-3-6-12(7-4-10)17-15(18)13-9-11(16)5-8-14(13)19-2/h5,8-10,12H,3-4,6-7H2,1-2H3,(H,17,18). The summed E-state index contributed by atoms with van der Waals surface area (Å²) in [7, 11) is 1.48. The number of nitrogens with one attached hydrogen (secondary N) is 1. The number of halogens is 1. The second kappa shape index (κ2) is 6.04. The van der Waals surface area contributed by atoms with Gasteiger partial charge < -0.3 is 10.1 Å². The quantitative estimate of drug-likeness (QED) is 0.911. The highest BCUT2D eigenvalue weighted by Crippen LogP contribution is 2.25. The van der Waals surface area contributed by atoms with Gasteiger partial charge in [0.15, 0.2) is 0 Å². The Kier molecular flexibility index (Phi) is 4.40. The second-order valence-electron chi connectivity index (χ2n) is 5.27. The van der Waals surface area contributed by atoms with Crippen LogP contribution in [0.4, 0.5) is 4.39 Å². The molecular formula is C15H20FNO2. The van der Waals surface area contributed by atoms with Gasteiger partial charge in [-0.2, -0.15) is 0 Å². The predicted octanol–water partition coefficient (Wildman–Crippen LogP) is 3.14. The van der Waals surface area contributed by atoms with Gasteiger partial charge in [0, 0.05) is 6.04 Å². The Labute approximate surface area is 113 Å². The van der Waals surface area contributed by atoms with Crippen LogP contribution in [0.5, 0.6) is 5.75 Å². The van der Waals surface area contributed by atoms with Crippen molar-refractivity contribution >= 4 is 5.91 Å². The van der Waals surface area contributed by atoms with Crippen LogP contribution in [0.15, 0.2) is 18.2 Å². The minimum atomic E-state index is -0.428. The lowest BCUT2D eigenvalue weighted by Crippen LogP contribution is -2.37. The van der Waals surface area contributed by atoms with E-state index in [2.05, 4.69) is 12.2 Å². The normalized spacial score (nSPS) is 22.9. The molecule has 4 heteroatoms. The monoisotopic (exact) mass is 265 g/mol. The van der Waals surface area contributed by atoms with E-state index in [1.54, 1.807) is 0 Å². The molecule has 0 aliphatic heterocycles. The zero-order valence-corrected chi connectivity index (χ0v) is 11.4. The molecule has 1 aliphatic rings. The molecule has 0 unspecified atom stereocenters. The largest absolute Gasteiger partial charge is 0.496 e. The first-order valence-corrected chi connectivity index (χ1v) is 6.74. The predicted molar refractivity (Wildman–Crippen MR) is 71.8 cm³/mol. The molecule has 1 fully saturated rings. The topological polar surface area (TPSA) is 38.3 Å². The molecule has 0 aromatic heterocycles. The van der Waals surface area contributed by atoms with Gasteiger partial charge in [0.1, 0.15) is 11.6 Å². The highest BCUT2D eigenvalue weighted by molar-refractivity contribution is 5.97. The van der Waals surface area contributed by atoms with Crippen LogP contribution in [0, 0.1) is 11.7 Å². The van der Waals surface area contributed by atoms with Gasteiger partial charge in [-0.3, -0.25) is 4.79 Å². The Bertz CT molecular complexity index is 453. The van der Waals surface area contributed by atoms with Crippen molar-refractivity contribution in [2.45, 2.75) is 38.6 Å². The van der Waals surface area contributed by atoms with Crippen molar-refractivity contribution in [2.24, 2.45) is 5.92 Å². The number of hydrogen-bond acceptors (Lipinski definition) is 2. The molecule has 0 bridgehead atoms. The molecule has 1 aromatic rings. The number of rotatable bonds is 3. The van der Waals surface area contributed by atoms with Crippen LogP contribution in [0.2, 0.25) is 0 Å². The highest BCUT2D eigenvalue weighted by Gasteiger charge is 2.22. The first-order chi connectivity index (χ1) is 9.10. The van der Waals surface area contributed by atoms with Crippen LogP contribution in [0.1, 0.15) is 43.0 Å². The fourth-order valence-electron chi connectivity index (χ4n) is 2.53. The van der Waals surface area contributed by atoms with Gasteiger partial charge in [-0.1, -0.05) is 6.92 Å². The van der Waals surface area contributed by atoms with E-state index in [1.165, 1.54) is 25.3 Å². The van der Waals surface area contributed by atoms with E-state index in [4.69, 9.17) is 4.74 Å². The molecule has 0 atom stereocenters. The van der Waals surface area contributed by atoms with Crippen LogP contribution >= 0.6 is 0 Å². The van der Waals surface area contributed by atoms with Crippen molar-refractivity contribution in [1.82, 2.24) is 5.32 Å². The van der Waals surface area contributed by atoms with Crippen molar-refractivity contribution < 1.29 is 13.9 Å². The number of benzene rings is 1. The molecule has 0 radical (unpaired) electrons. The molecule has 0 heterocycles. The Hall–Kier alpha value is -1.58. The number of hydrogen-bond donors (Lipinski definition) is 1. The minimum absolute atomic E-state index is 0.191. The SMILES string of the molecule is COc1ccc(F)cc1C(=O)NC1CCC(C)CC1. The lowest BCUT2D eigenvalue weighted by atomic mass is 9.87. The smallest absolute Gasteiger partial charge is 0.255 e. The molecule has 0 spiro atoms. The van der Waals surface area contributed by atoms with Crippen LogP contribution in [-0.2, 0) is 0 Å². The van der Waals surface area contributed by atoms with E-state index >= 15 is 0 Å². The van der Waals surface area contributed by atoms with Crippen molar-refractivity contribution in [3.8, 4) is 5.75 Å². The zero-order valence-electron chi connectivity index (χ0n) is 11.4. The summed E-state index contributed by atoms with van der Waals surface area (Å²) in [4.78, 5) is 12.2. The number of carbonyl (C=O) groups is 1. The van der Waals surface area contributed by atoms with E-state index in [9.17, 15) is 9.18 Å². The Morgan fingerprint density at radius 3 is 2.63 bits per heavy atom. The molecule has 19 heavy (non-hydrogen) atoms. The van der Waals surface area contributed by atoms with Crippen molar-refractivity contribution in [3.05, 3.63) is 29.6 Å². The van der Waals surface area contributed by atoms with Crippen molar-refractivity contribution in [2.75, 3.05) is 7.11 Å². The first-order valence-electron chi connectivity index (χ1n) is 6.74. The summed E-state index contributed by atoms with van der Waals surface area (Å²) in [5.74, 6) is 0.457. The maximum atomic E-state index is 13.2. The van der Waals surface area contributed by atoms with Gasteiger partial charge in [0.2, 0.25) is 0 Å². The molecule has 1 amide bonds. The Morgan fingerprint density at radius 1 is 1.32 bits per heavy atom. The second-order valence-corrected chi connectivity index (χ2v) is 5.27. The van der Waals surface area contributed by atoms with E-state index in [1.807, 2.05) is 0 Å². The summed E-state index contributed by atoms with van der Waals surface area (Å²) in [6.45, 7) is 2.23. The highest BCUT2D eigenvalue weighted by atomic mass is 19.1. The molecule has 0 saturated heterocycles. The molecular weight excluding hydrogens is 245 g/mol. The molecule has 1 aliphatic carbocycles. The number of amides is 1. The third-order valence-corrected chi connectivity index (χ3v) is 3.76. The summed E-state index contributed by atoms with van der Waals surface area (Å²) in [6.07, 6.45) is 4.24. The summed E-state index contributed by atoms with van der Waals surface area (Å²) in [6, 6.07) is 4.18.